The number of Topliss-reactive ketones (excluding diaryl/α,β-unsaturated/α-hetero) is 1. The molecule has 0 saturated carbocycles. The first-order chi connectivity index (χ1) is 47.7. The number of piperidine rings is 1. The number of aromatic nitrogens is 8. The number of fused-ring (bicyclic) bond motifs is 1. The van der Waals surface area contributed by atoms with Crippen molar-refractivity contribution in [3.8, 4) is 23.4 Å². The summed E-state index contributed by atoms with van der Waals surface area (Å²) in [5.41, 5.74) is 3.22. The first-order valence-electron chi connectivity index (χ1n) is 31.7. The molecule has 1 fully saturated rings. The van der Waals surface area contributed by atoms with Crippen LogP contribution < -0.4 is 20.1 Å². The topological polar surface area (TPSA) is 383 Å². The normalized spacial score (nSPS) is 12.7. The number of aromatic amines is 1. The van der Waals surface area contributed by atoms with Crippen LogP contribution in [0.25, 0.3) is 22.3 Å². The number of hydrogen-bond donors (Lipinski definition) is 6. The van der Waals surface area contributed by atoms with Gasteiger partial charge in [0, 0.05) is 64.0 Å². The van der Waals surface area contributed by atoms with Crippen molar-refractivity contribution < 1.29 is 99.8 Å². The Labute approximate surface area is 561 Å². The van der Waals surface area contributed by atoms with E-state index in [1.807, 2.05) is 30.3 Å². The third-order valence-corrected chi connectivity index (χ3v) is 14.9. The van der Waals surface area contributed by atoms with Crippen molar-refractivity contribution in [1.29, 1.82) is 5.26 Å². The lowest BCUT2D eigenvalue weighted by atomic mass is 9.93. The molecule has 532 valence electrons. The second-order valence-electron chi connectivity index (χ2n) is 21.8. The summed E-state index contributed by atoms with van der Waals surface area (Å²) in [4.78, 5) is 79.7. The van der Waals surface area contributed by atoms with E-state index in [4.69, 9.17) is 42.6 Å². The number of pyridine rings is 1. The lowest BCUT2D eigenvalue weighted by molar-refractivity contribution is -0.136. The molecule has 0 radical (unpaired) electrons. The third-order valence-electron chi connectivity index (χ3n) is 14.9. The summed E-state index contributed by atoms with van der Waals surface area (Å²) in [7, 11) is 1.39. The number of allylic oxidation sites excluding steroid dienone is 1. The zero-order chi connectivity index (χ0) is 69.9. The van der Waals surface area contributed by atoms with Crippen LogP contribution in [-0.4, -0.2) is 265 Å². The van der Waals surface area contributed by atoms with E-state index in [1.54, 1.807) is 15.8 Å². The number of ketones is 1. The Hall–Kier alpha value is -8.70. The molecule has 3 amide bonds. The lowest BCUT2D eigenvalue weighted by Crippen LogP contribution is -2.48. The SMILES string of the molecule is COc1cnc(-n2cnc(C(=O)NC[C@H](O)CN(CCCNC(=O)CCOCCOCCOCCOCc3cn(CCOCCOCCOCCOCCC(=O)Oc4c(F)cc(F)cc4F)nn3)C(CO)CO)n2)c2[nH]cc(C(=O)C(=O)N3CCC(=C(C#N)c4ccccc4)CC3)c12. The van der Waals surface area contributed by atoms with Gasteiger partial charge < -0.3 is 83.2 Å². The van der Waals surface area contributed by atoms with Crippen molar-refractivity contribution >= 4 is 46.0 Å². The second kappa shape index (κ2) is 42.2. The summed E-state index contributed by atoms with van der Waals surface area (Å²) in [6.07, 6.45) is 5.66. The highest BCUT2D eigenvalue weighted by molar-refractivity contribution is 6.45. The molecule has 6 aromatic rings. The van der Waals surface area contributed by atoms with Gasteiger partial charge in [-0.2, -0.15) is 9.94 Å². The predicted octanol–water partition coefficient (Wildman–Crippen LogP) is 1.91. The van der Waals surface area contributed by atoms with Gasteiger partial charge >= 0.3 is 5.97 Å². The first kappa shape index (κ1) is 76.7. The van der Waals surface area contributed by atoms with E-state index in [1.165, 1.54) is 35.4 Å². The number of aliphatic hydroxyl groups excluding tert-OH is 3. The molecule has 1 atom stereocenters. The molecule has 1 aliphatic rings. The number of aliphatic hydroxyl groups is 3. The van der Waals surface area contributed by atoms with Crippen molar-refractivity contribution in [2.75, 3.05) is 159 Å². The zero-order valence-electron chi connectivity index (χ0n) is 54.3. The van der Waals surface area contributed by atoms with Gasteiger partial charge in [0.1, 0.15) is 23.6 Å². The number of methoxy groups -OCH3 is 1. The van der Waals surface area contributed by atoms with Crippen molar-refractivity contribution in [3.63, 3.8) is 0 Å². The van der Waals surface area contributed by atoms with Gasteiger partial charge in [0.25, 0.3) is 17.6 Å². The van der Waals surface area contributed by atoms with E-state index in [-0.39, 0.29) is 132 Å². The van der Waals surface area contributed by atoms with Crippen LogP contribution in [0.4, 0.5) is 13.2 Å². The molecule has 5 heterocycles. The van der Waals surface area contributed by atoms with E-state index in [0.29, 0.717) is 115 Å². The van der Waals surface area contributed by atoms with Crippen LogP contribution in [0.3, 0.4) is 0 Å². The van der Waals surface area contributed by atoms with Crippen molar-refractivity contribution in [2.45, 2.75) is 57.4 Å². The van der Waals surface area contributed by atoms with Crippen LogP contribution in [0, 0.1) is 28.8 Å². The summed E-state index contributed by atoms with van der Waals surface area (Å²) in [6, 6.07) is 11.7. The van der Waals surface area contributed by atoms with Crippen LogP contribution in [0.2, 0.25) is 0 Å². The third kappa shape index (κ3) is 24.7. The molecule has 2 aromatic carbocycles. The van der Waals surface area contributed by atoms with E-state index in [9.17, 15) is 57.7 Å². The largest absolute Gasteiger partial charge is 0.494 e. The Bertz CT molecular complexity index is 3520. The number of H-pyrrole nitrogens is 1. The smallest absolute Gasteiger partial charge is 0.313 e. The Balaban J connectivity index is 0.665. The molecule has 1 saturated heterocycles. The number of likely N-dealkylation sites (tertiary alicyclic amines) is 1. The Morgan fingerprint density at radius 2 is 1.40 bits per heavy atom. The molecule has 1 aliphatic heterocycles. The second-order valence-corrected chi connectivity index (χ2v) is 21.8. The summed E-state index contributed by atoms with van der Waals surface area (Å²) >= 11 is 0. The molecule has 34 heteroatoms. The van der Waals surface area contributed by atoms with Gasteiger partial charge in [0.05, 0.1) is 192 Å². The standard InChI is InChI=1S/C64H82F3N13O18/c1-89-54-37-71-62(58-57(54)51(36-70-58)59(86)64(88)77-14-8-45(9-15-77)50(34-68)44-6-3-2-4-7-44)80-43-73-61(75-80)63(87)72-35-49(83)39-78(48(40-81)41-82)13-5-12-69-55(84)10-17-90-20-23-93-28-29-96-30-31-97-42-47-38-79(76-74-47)16-19-92-22-25-95-27-26-94-24-21-91-18-11-56(85)98-60-52(66)32-46(65)33-53(60)67/h2-4,6-7,32-33,36-38,43,48-49,70,81-83H,5,8-31,35,39-42H2,1H3,(H,69,84)(H,72,87)/t49-/m0/s1. The highest BCUT2D eigenvalue weighted by Crippen LogP contribution is 2.33. The van der Waals surface area contributed by atoms with Crippen LogP contribution in [-0.2, 0) is 65.4 Å². The van der Waals surface area contributed by atoms with Gasteiger partial charge in [-0.25, -0.2) is 27.8 Å². The number of esters is 1. The fraction of sp³-hybridized carbons (Fsp3) is 0.516. The fourth-order valence-corrected chi connectivity index (χ4v) is 9.84. The molecule has 6 N–H and O–H groups in total. The van der Waals surface area contributed by atoms with Gasteiger partial charge in [-0.3, -0.25) is 28.9 Å². The summed E-state index contributed by atoms with van der Waals surface area (Å²) in [6.45, 7) is 4.70. The van der Waals surface area contributed by atoms with Crippen LogP contribution in [0.1, 0.15) is 64.3 Å². The minimum absolute atomic E-state index is 0.0356. The first-order valence-corrected chi connectivity index (χ1v) is 31.7. The molecule has 31 nitrogen and oxygen atoms in total. The van der Waals surface area contributed by atoms with Crippen molar-refractivity contribution in [1.82, 2.24) is 60.2 Å². The van der Waals surface area contributed by atoms with Gasteiger partial charge in [-0.1, -0.05) is 35.5 Å². The van der Waals surface area contributed by atoms with E-state index < -0.39 is 72.1 Å². The lowest BCUT2D eigenvalue weighted by Gasteiger charge is -2.31. The van der Waals surface area contributed by atoms with Gasteiger partial charge in [-0.05, 0) is 30.4 Å². The monoisotopic (exact) mass is 1380 g/mol. The number of nitriles is 1. The highest BCUT2D eigenvalue weighted by atomic mass is 19.1. The minimum Gasteiger partial charge on any atom is -0.494 e. The van der Waals surface area contributed by atoms with Gasteiger partial charge in [0.2, 0.25) is 17.5 Å². The number of ether oxygens (including phenoxy) is 10. The number of carbonyl (C=O) groups is 5. The Kier molecular flexibility index (Phi) is 33.0. The maximum Gasteiger partial charge on any atom is 0.313 e. The van der Waals surface area contributed by atoms with E-state index in [2.05, 4.69) is 51.8 Å². The molecular weight excluding hydrogens is 1300 g/mol. The van der Waals surface area contributed by atoms with Crippen LogP contribution >= 0.6 is 0 Å². The average Bonchev–Trinajstić information content (AvgIpc) is 1.59. The minimum atomic E-state index is -1.32. The summed E-state index contributed by atoms with van der Waals surface area (Å²) < 4.78 is 97.1. The maximum atomic E-state index is 13.8. The number of nitrogens with zero attached hydrogens (tertiary/aromatic N) is 10. The van der Waals surface area contributed by atoms with Crippen LogP contribution in [0.5, 0.6) is 11.5 Å². The number of benzene rings is 2. The van der Waals surface area contributed by atoms with Crippen molar-refractivity contribution in [3.05, 3.63) is 113 Å². The molecule has 0 unspecified atom stereocenters. The van der Waals surface area contributed by atoms with E-state index >= 15 is 0 Å². The molecule has 0 spiro atoms. The number of carbonyl (C=O) groups excluding carboxylic acids is 5. The average molecular weight is 1380 g/mol. The van der Waals surface area contributed by atoms with Crippen molar-refractivity contribution in [2.24, 2.45) is 0 Å². The molecular formula is C64H82F3N13O18. The molecule has 7 rings (SSSR count). The number of amides is 3. The number of hydrogen-bond acceptors (Lipinski definition) is 25. The molecule has 0 aliphatic carbocycles. The number of nitrogens with one attached hydrogen (secondary N) is 3. The summed E-state index contributed by atoms with van der Waals surface area (Å²) in [5.74, 6) is -8.09. The van der Waals surface area contributed by atoms with Gasteiger partial charge in [-0.15, -0.1) is 10.2 Å². The Morgan fingerprint density at radius 1 is 0.786 bits per heavy atom. The number of halogens is 3. The zero-order valence-corrected chi connectivity index (χ0v) is 54.3. The molecule has 98 heavy (non-hydrogen) atoms. The number of rotatable bonds is 47. The fourth-order valence-electron chi connectivity index (χ4n) is 9.84. The highest BCUT2D eigenvalue weighted by Gasteiger charge is 2.31. The quantitative estimate of drug-likeness (QED) is 0.00793. The maximum absolute atomic E-state index is 13.8. The molecule has 4 aromatic heterocycles. The van der Waals surface area contributed by atoms with Gasteiger partial charge in [0.15, 0.2) is 17.5 Å². The summed E-state index contributed by atoms with van der Waals surface area (Å²) in [5, 5.41) is 59.0. The van der Waals surface area contributed by atoms with E-state index in [0.717, 1.165) is 11.1 Å². The molecule has 0 bridgehead atoms. The predicted molar refractivity (Wildman–Crippen MR) is 339 cm³/mol. The van der Waals surface area contributed by atoms with Crippen LogP contribution in [0.15, 0.2) is 73.0 Å². The Morgan fingerprint density at radius 3 is 2.02 bits per heavy atom.